The maximum atomic E-state index is 10.8. The molecule has 2 aromatic carbocycles. The fourth-order valence-electron chi connectivity index (χ4n) is 2.90. The van der Waals surface area contributed by atoms with Crippen LogP contribution in [-0.4, -0.2) is 22.0 Å². The van der Waals surface area contributed by atoms with Crippen molar-refractivity contribution in [3.8, 4) is 5.75 Å². The number of benzene rings is 2. The van der Waals surface area contributed by atoms with Gasteiger partial charge in [-0.15, -0.1) is 5.11 Å². The predicted octanol–water partition coefficient (Wildman–Crippen LogP) is 6.70. The first-order valence-electron chi connectivity index (χ1n) is 10.4. The topological polar surface area (TPSA) is 140 Å². The Morgan fingerprint density at radius 2 is 1.60 bits per heavy atom. The van der Waals surface area contributed by atoms with Crippen molar-refractivity contribution in [3.05, 3.63) is 107 Å². The molecule has 0 radical (unpaired) electrons. The number of nitro groups is 1. The minimum atomic E-state index is -0.815. The molecule has 1 atom stereocenters. The van der Waals surface area contributed by atoms with Crippen LogP contribution in [0.4, 0.5) is 28.6 Å². The van der Waals surface area contributed by atoms with E-state index < -0.39 is 11.1 Å². The molecule has 0 spiro atoms. The first kappa shape index (κ1) is 23.1. The van der Waals surface area contributed by atoms with E-state index in [1.54, 1.807) is 25.4 Å². The monoisotopic (exact) mass is 468 g/mol. The predicted molar refractivity (Wildman–Crippen MR) is 130 cm³/mol. The molecule has 0 bridgehead atoms. The van der Waals surface area contributed by atoms with Crippen LogP contribution in [-0.2, 0) is 0 Å². The molecular formula is C24H20N8O3. The highest BCUT2D eigenvalue weighted by atomic mass is 16.6. The molecule has 35 heavy (non-hydrogen) atoms. The second kappa shape index (κ2) is 11.2. The number of azo groups is 2. The maximum Gasteiger partial charge on any atom is 0.287 e. The van der Waals surface area contributed by atoms with E-state index >= 15 is 0 Å². The minimum Gasteiger partial charge on any atom is -0.497 e. The van der Waals surface area contributed by atoms with Gasteiger partial charge >= 0.3 is 0 Å². The summed E-state index contributed by atoms with van der Waals surface area (Å²) in [5, 5.41) is 30.9. The molecule has 2 aromatic heterocycles. The molecular weight excluding hydrogens is 448 g/mol. The molecule has 1 unspecified atom stereocenters. The van der Waals surface area contributed by atoms with E-state index in [1.807, 2.05) is 54.6 Å². The number of aromatic nitrogens is 2. The van der Waals surface area contributed by atoms with E-state index in [4.69, 9.17) is 4.74 Å². The lowest BCUT2D eigenvalue weighted by atomic mass is 10.2. The van der Waals surface area contributed by atoms with E-state index in [9.17, 15) is 10.1 Å². The van der Waals surface area contributed by atoms with Crippen LogP contribution in [0.3, 0.4) is 0 Å². The average Bonchev–Trinajstić information content (AvgIpc) is 2.91. The Balaban J connectivity index is 1.47. The molecule has 11 heteroatoms. The molecule has 0 saturated heterocycles. The van der Waals surface area contributed by atoms with Gasteiger partial charge in [-0.1, -0.05) is 6.07 Å². The molecule has 0 aliphatic heterocycles. The van der Waals surface area contributed by atoms with Crippen molar-refractivity contribution in [2.75, 3.05) is 12.4 Å². The van der Waals surface area contributed by atoms with Crippen LogP contribution in [0.2, 0.25) is 0 Å². The van der Waals surface area contributed by atoms with Crippen molar-refractivity contribution in [2.45, 2.75) is 6.17 Å². The standard InChI is InChI=1S/C24H20N8O3/c1-35-21-12-9-18(10-13-21)27-17-5-7-19(8-6-17)28-30-24(22-4-2-3-15-25-22)31-29-23-14-11-20(16-26-23)32(33)34/h2-16,24,27H,1H3. The quantitative estimate of drug-likeness (QED) is 0.165. The molecule has 0 aliphatic rings. The molecule has 2 heterocycles. The van der Waals surface area contributed by atoms with Gasteiger partial charge in [0.25, 0.3) is 5.69 Å². The zero-order chi connectivity index (χ0) is 24.5. The highest BCUT2D eigenvalue weighted by molar-refractivity contribution is 5.62. The maximum absolute atomic E-state index is 10.8. The van der Waals surface area contributed by atoms with Gasteiger partial charge in [0.1, 0.15) is 11.9 Å². The summed E-state index contributed by atoms with van der Waals surface area (Å²) < 4.78 is 5.17. The number of nitrogens with one attached hydrogen (secondary N) is 1. The molecule has 174 valence electrons. The molecule has 0 aliphatic carbocycles. The summed E-state index contributed by atoms with van der Waals surface area (Å²) in [6.07, 6.45) is 1.93. The number of hydrogen-bond donors (Lipinski definition) is 1. The number of pyridine rings is 2. The number of rotatable bonds is 9. The Labute approximate surface area is 200 Å². The Bertz CT molecular complexity index is 1310. The van der Waals surface area contributed by atoms with Gasteiger partial charge in [0.2, 0.25) is 6.17 Å². The summed E-state index contributed by atoms with van der Waals surface area (Å²) >= 11 is 0. The summed E-state index contributed by atoms with van der Waals surface area (Å²) in [7, 11) is 1.63. The van der Waals surface area contributed by atoms with Crippen LogP contribution in [0, 0.1) is 10.1 Å². The summed E-state index contributed by atoms with van der Waals surface area (Å²) in [6.45, 7) is 0. The van der Waals surface area contributed by atoms with Crippen molar-refractivity contribution in [2.24, 2.45) is 20.5 Å². The fourth-order valence-corrected chi connectivity index (χ4v) is 2.90. The van der Waals surface area contributed by atoms with Crippen LogP contribution < -0.4 is 10.1 Å². The molecule has 0 fully saturated rings. The van der Waals surface area contributed by atoms with Crippen LogP contribution in [0.15, 0.2) is 112 Å². The number of anilines is 2. The second-order valence-corrected chi connectivity index (χ2v) is 7.09. The molecule has 0 amide bonds. The summed E-state index contributed by atoms with van der Waals surface area (Å²) in [5.74, 6) is 0.996. The van der Waals surface area contributed by atoms with Gasteiger partial charge in [-0.2, -0.15) is 15.3 Å². The summed E-state index contributed by atoms with van der Waals surface area (Å²) in [4.78, 5) is 18.5. The minimum absolute atomic E-state index is 0.130. The Kier molecular flexibility index (Phi) is 7.39. The molecule has 11 nitrogen and oxygen atoms in total. The third-order valence-electron chi connectivity index (χ3n) is 4.69. The van der Waals surface area contributed by atoms with Crippen LogP contribution in [0.5, 0.6) is 5.75 Å². The Hall–Kier alpha value is -5.06. The first-order valence-corrected chi connectivity index (χ1v) is 10.4. The zero-order valence-electron chi connectivity index (χ0n) is 18.6. The Morgan fingerprint density at radius 1 is 0.886 bits per heavy atom. The van der Waals surface area contributed by atoms with Crippen LogP contribution in [0.25, 0.3) is 0 Å². The van der Waals surface area contributed by atoms with Gasteiger partial charge in [-0.25, -0.2) is 4.98 Å². The van der Waals surface area contributed by atoms with E-state index in [0.29, 0.717) is 11.4 Å². The van der Waals surface area contributed by atoms with Gasteiger partial charge in [0.05, 0.1) is 23.4 Å². The highest BCUT2D eigenvalue weighted by Crippen LogP contribution is 2.26. The fraction of sp³-hybridized carbons (Fsp3) is 0.0833. The van der Waals surface area contributed by atoms with Crippen molar-refractivity contribution >= 4 is 28.6 Å². The van der Waals surface area contributed by atoms with E-state index in [2.05, 4.69) is 35.7 Å². The summed E-state index contributed by atoms with van der Waals surface area (Å²) in [6, 6.07) is 23.1. The van der Waals surface area contributed by atoms with E-state index in [0.717, 1.165) is 23.3 Å². The lowest BCUT2D eigenvalue weighted by molar-refractivity contribution is -0.385. The normalized spacial score (nSPS) is 12.0. The van der Waals surface area contributed by atoms with Gasteiger partial charge in [0.15, 0.2) is 5.82 Å². The highest BCUT2D eigenvalue weighted by Gasteiger charge is 2.11. The first-order chi connectivity index (χ1) is 17.1. The lowest BCUT2D eigenvalue weighted by Gasteiger charge is -2.07. The van der Waals surface area contributed by atoms with Crippen molar-refractivity contribution in [1.29, 1.82) is 0 Å². The van der Waals surface area contributed by atoms with Crippen molar-refractivity contribution < 1.29 is 9.66 Å². The van der Waals surface area contributed by atoms with Crippen molar-refractivity contribution in [3.63, 3.8) is 0 Å². The second-order valence-electron chi connectivity index (χ2n) is 7.09. The van der Waals surface area contributed by atoms with E-state index in [1.165, 1.54) is 12.1 Å². The number of methoxy groups -OCH3 is 1. The lowest BCUT2D eigenvalue weighted by Crippen LogP contribution is -1.94. The van der Waals surface area contributed by atoms with E-state index in [-0.39, 0.29) is 11.5 Å². The Morgan fingerprint density at radius 3 is 2.20 bits per heavy atom. The largest absolute Gasteiger partial charge is 0.497 e. The van der Waals surface area contributed by atoms with Crippen molar-refractivity contribution in [1.82, 2.24) is 9.97 Å². The number of ether oxygens (including phenoxy) is 1. The van der Waals surface area contributed by atoms with Gasteiger partial charge in [-0.3, -0.25) is 15.1 Å². The third-order valence-corrected chi connectivity index (χ3v) is 4.69. The molecule has 0 saturated carbocycles. The van der Waals surface area contributed by atoms with Gasteiger partial charge in [0, 0.05) is 23.6 Å². The molecule has 1 N–H and O–H groups in total. The van der Waals surface area contributed by atoms with Gasteiger partial charge in [-0.05, 0) is 66.7 Å². The van der Waals surface area contributed by atoms with Crippen LogP contribution in [0.1, 0.15) is 11.9 Å². The SMILES string of the molecule is COc1ccc(Nc2ccc(N=NC(N=Nc3ccc([N+](=O)[O-])cn3)c3ccccn3)cc2)cc1. The average molecular weight is 468 g/mol. The summed E-state index contributed by atoms with van der Waals surface area (Å²) in [5.41, 5.74) is 2.85. The molecule has 4 rings (SSSR count). The smallest absolute Gasteiger partial charge is 0.287 e. The van der Waals surface area contributed by atoms with Crippen LogP contribution >= 0.6 is 0 Å². The zero-order valence-corrected chi connectivity index (χ0v) is 18.6. The number of nitrogens with zero attached hydrogens (tertiary/aromatic N) is 7. The van der Waals surface area contributed by atoms with Gasteiger partial charge < -0.3 is 10.1 Å². The third kappa shape index (κ3) is 6.48. The number of hydrogen-bond acceptors (Lipinski definition) is 10. The molecule has 4 aromatic rings.